The van der Waals surface area contributed by atoms with E-state index in [1.54, 1.807) is 6.07 Å². The van der Waals surface area contributed by atoms with Crippen LogP contribution in [0.3, 0.4) is 0 Å². The second-order valence-corrected chi connectivity index (χ2v) is 5.29. The SMILES string of the molecule is CCCN(CC)CCNc1cc(Cl)ccc1C(N)=S. The van der Waals surface area contributed by atoms with Gasteiger partial charge >= 0.3 is 0 Å². The summed E-state index contributed by atoms with van der Waals surface area (Å²) in [7, 11) is 0. The Morgan fingerprint density at radius 3 is 2.68 bits per heavy atom. The summed E-state index contributed by atoms with van der Waals surface area (Å²) in [6, 6.07) is 5.53. The van der Waals surface area contributed by atoms with Crippen LogP contribution in [0.1, 0.15) is 25.8 Å². The topological polar surface area (TPSA) is 41.3 Å². The lowest BCUT2D eigenvalue weighted by molar-refractivity contribution is 0.300. The Balaban J connectivity index is 2.61. The number of anilines is 1. The van der Waals surface area contributed by atoms with E-state index < -0.39 is 0 Å². The number of hydrogen-bond acceptors (Lipinski definition) is 3. The minimum atomic E-state index is 0.389. The zero-order chi connectivity index (χ0) is 14.3. The summed E-state index contributed by atoms with van der Waals surface area (Å²) in [5, 5.41) is 4.05. The maximum absolute atomic E-state index is 6.01. The fourth-order valence-electron chi connectivity index (χ4n) is 1.97. The van der Waals surface area contributed by atoms with E-state index in [4.69, 9.17) is 29.6 Å². The normalized spacial score (nSPS) is 10.7. The molecule has 1 aromatic carbocycles. The van der Waals surface area contributed by atoms with E-state index in [-0.39, 0.29) is 0 Å². The predicted molar refractivity (Wildman–Crippen MR) is 88.2 cm³/mol. The highest BCUT2D eigenvalue weighted by Crippen LogP contribution is 2.20. The summed E-state index contributed by atoms with van der Waals surface area (Å²) in [4.78, 5) is 2.79. The number of nitrogens with one attached hydrogen (secondary N) is 1. The third-order valence-electron chi connectivity index (χ3n) is 2.98. The van der Waals surface area contributed by atoms with Crippen LogP contribution in [-0.2, 0) is 0 Å². The highest BCUT2D eigenvalue weighted by Gasteiger charge is 2.06. The van der Waals surface area contributed by atoms with Gasteiger partial charge in [-0.15, -0.1) is 0 Å². The van der Waals surface area contributed by atoms with Crippen LogP contribution in [0.15, 0.2) is 18.2 Å². The van der Waals surface area contributed by atoms with Gasteiger partial charge in [0.1, 0.15) is 4.99 Å². The molecule has 0 aliphatic carbocycles. The molecule has 0 saturated carbocycles. The molecule has 0 saturated heterocycles. The number of likely N-dealkylation sites (N-methyl/N-ethyl adjacent to an activating group) is 1. The van der Waals surface area contributed by atoms with Crippen molar-refractivity contribution in [2.45, 2.75) is 20.3 Å². The molecule has 0 fully saturated rings. The Morgan fingerprint density at radius 1 is 1.37 bits per heavy atom. The van der Waals surface area contributed by atoms with Crippen LogP contribution >= 0.6 is 23.8 Å². The molecule has 5 heteroatoms. The van der Waals surface area contributed by atoms with Crippen molar-refractivity contribution in [3.8, 4) is 0 Å². The Kier molecular flexibility index (Phi) is 7.13. The molecule has 0 atom stereocenters. The second kappa shape index (κ2) is 8.35. The smallest absolute Gasteiger partial charge is 0.106 e. The second-order valence-electron chi connectivity index (χ2n) is 4.42. The molecule has 19 heavy (non-hydrogen) atoms. The van der Waals surface area contributed by atoms with Crippen molar-refractivity contribution >= 4 is 34.5 Å². The fourth-order valence-corrected chi connectivity index (χ4v) is 2.32. The van der Waals surface area contributed by atoms with Crippen molar-refractivity contribution in [2.24, 2.45) is 5.73 Å². The van der Waals surface area contributed by atoms with Crippen LogP contribution in [0, 0.1) is 0 Å². The van der Waals surface area contributed by atoms with Crippen molar-refractivity contribution in [3.63, 3.8) is 0 Å². The molecule has 0 spiro atoms. The van der Waals surface area contributed by atoms with Gasteiger partial charge < -0.3 is 16.0 Å². The monoisotopic (exact) mass is 299 g/mol. The molecule has 0 aliphatic rings. The van der Waals surface area contributed by atoms with Crippen LogP contribution in [0.4, 0.5) is 5.69 Å². The summed E-state index contributed by atoms with van der Waals surface area (Å²) in [5.74, 6) is 0. The highest BCUT2D eigenvalue weighted by atomic mass is 35.5. The molecule has 3 nitrogen and oxygen atoms in total. The molecular weight excluding hydrogens is 278 g/mol. The third kappa shape index (κ3) is 5.35. The van der Waals surface area contributed by atoms with Gasteiger partial charge in [0, 0.05) is 29.4 Å². The molecule has 106 valence electrons. The summed E-state index contributed by atoms with van der Waals surface area (Å²) in [6.07, 6.45) is 1.17. The van der Waals surface area contributed by atoms with Crippen molar-refractivity contribution < 1.29 is 0 Å². The van der Waals surface area contributed by atoms with Crippen molar-refractivity contribution in [1.82, 2.24) is 4.90 Å². The fraction of sp³-hybridized carbons (Fsp3) is 0.500. The minimum Gasteiger partial charge on any atom is -0.389 e. The molecule has 0 heterocycles. The molecule has 0 radical (unpaired) electrons. The first kappa shape index (κ1) is 16.2. The molecule has 0 bridgehead atoms. The molecular formula is C14H22ClN3S. The van der Waals surface area contributed by atoms with Crippen LogP contribution in [0.25, 0.3) is 0 Å². The first-order valence-corrected chi connectivity index (χ1v) is 7.42. The maximum Gasteiger partial charge on any atom is 0.106 e. The Morgan fingerprint density at radius 2 is 2.11 bits per heavy atom. The molecule has 0 aliphatic heterocycles. The van der Waals surface area contributed by atoms with E-state index in [0.29, 0.717) is 10.0 Å². The molecule has 3 N–H and O–H groups in total. The van der Waals surface area contributed by atoms with Gasteiger partial charge in [0.15, 0.2) is 0 Å². The van der Waals surface area contributed by atoms with Gasteiger partial charge in [0.2, 0.25) is 0 Å². The minimum absolute atomic E-state index is 0.389. The van der Waals surface area contributed by atoms with Gasteiger partial charge in [-0.3, -0.25) is 0 Å². The van der Waals surface area contributed by atoms with Gasteiger partial charge in [-0.25, -0.2) is 0 Å². The lowest BCUT2D eigenvalue weighted by Gasteiger charge is -2.20. The number of nitrogens with zero attached hydrogens (tertiary/aromatic N) is 1. The van der Waals surface area contributed by atoms with Crippen LogP contribution in [-0.4, -0.2) is 36.1 Å². The number of benzene rings is 1. The highest BCUT2D eigenvalue weighted by molar-refractivity contribution is 7.80. The zero-order valence-electron chi connectivity index (χ0n) is 11.6. The lowest BCUT2D eigenvalue weighted by atomic mass is 10.1. The number of nitrogens with two attached hydrogens (primary N) is 1. The molecule has 0 aromatic heterocycles. The van der Waals surface area contributed by atoms with Gasteiger partial charge in [0.25, 0.3) is 0 Å². The number of halogens is 1. The summed E-state index contributed by atoms with van der Waals surface area (Å²) in [5.41, 5.74) is 7.46. The van der Waals surface area contributed by atoms with Crippen molar-refractivity contribution in [2.75, 3.05) is 31.5 Å². The van der Waals surface area contributed by atoms with Gasteiger partial charge in [-0.05, 0) is 37.7 Å². The predicted octanol–water partition coefficient (Wildman–Crippen LogP) is 3.12. The molecule has 1 aromatic rings. The average molecular weight is 300 g/mol. The first-order chi connectivity index (χ1) is 9.08. The summed E-state index contributed by atoms with van der Waals surface area (Å²) >= 11 is 11.0. The third-order valence-corrected chi connectivity index (χ3v) is 3.43. The van der Waals surface area contributed by atoms with Gasteiger partial charge in [0.05, 0.1) is 0 Å². The first-order valence-electron chi connectivity index (χ1n) is 6.64. The Hall–Kier alpha value is -0.840. The van der Waals surface area contributed by atoms with E-state index in [0.717, 1.165) is 37.4 Å². The van der Waals surface area contributed by atoms with Gasteiger partial charge in [-0.1, -0.05) is 37.7 Å². The molecule has 1 rings (SSSR count). The van der Waals surface area contributed by atoms with Gasteiger partial charge in [-0.2, -0.15) is 0 Å². The zero-order valence-corrected chi connectivity index (χ0v) is 13.2. The lowest BCUT2D eigenvalue weighted by Crippen LogP contribution is -2.30. The van der Waals surface area contributed by atoms with Crippen LogP contribution < -0.4 is 11.1 Å². The van der Waals surface area contributed by atoms with E-state index in [1.165, 1.54) is 6.42 Å². The number of thiocarbonyl (C=S) groups is 1. The van der Waals surface area contributed by atoms with Crippen molar-refractivity contribution in [1.29, 1.82) is 0 Å². The van der Waals surface area contributed by atoms with E-state index in [2.05, 4.69) is 24.1 Å². The van der Waals surface area contributed by atoms with E-state index in [1.807, 2.05) is 12.1 Å². The average Bonchev–Trinajstić information content (AvgIpc) is 2.37. The van der Waals surface area contributed by atoms with Crippen molar-refractivity contribution in [3.05, 3.63) is 28.8 Å². The van der Waals surface area contributed by atoms with Crippen LogP contribution in [0.2, 0.25) is 5.02 Å². The summed E-state index contributed by atoms with van der Waals surface area (Å²) in [6.45, 7) is 8.40. The Labute approximate surface area is 126 Å². The summed E-state index contributed by atoms with van der Waals surface area (Å²) < 4.78 is 0. The van der Waals surface area contributed by atoms with E-state index in [9.17, 15) is 0 Å². The number of rotatable bonds is 8. The van der Waals surface area contributed by atoms with E-state index >= 15 is 0 Å². The quantitative estimate of drug-likeness (QED) is 0.724. The standard InChI is InChI=1S/C14H22ClN3S/c1-3-8-18(4-2)9-7-17-13-10-11(15)5-6-12(13)14(16)19/h5-6,10,17H,3-4,7-9H2,1-2H3,(H2,16,19). The Bertz CT molecular complexity index is 423. The largest absolute Gasteiger partial charge is 0.389 e. The van der Waals surface area contributed by atoms with Crippen LogP contribution in [0.5, 0.6) is 0 Å². The maximum atomic E-state index is 6.01. The molecule has 0 unspecified atom stereocenters. The number of hydrogen-bond donors (Lipinski definition) is 2. The molecule has 0 amide bonds.